The molecule has 2 rings (SSSR count). The van der Waals surface area contributed by atoms with Crippen LogP contribution in [0.5, 0.6) is 0 Å². The van der Waals surface area contributed by atoms with Crippen molar-refractivity contribution in [2.75, 3.05) is 14.1 Å². The van der Waals surface area contributed by atoms with Crippen LogP contribution in [0.4, 0.5) is 0 Å². The van der Waals surface area contributed by atoms with Gasteiger partial charge in [0.05, 0.1) is 6.42 Å². The Morgan fingerprint density at radius 2 is 2.00 bits per heavy atom. The highest BCUT2D eigenvalue weighted by Crippen LogP contribution is 2.31. The lowest BCUT2D eigenvalue weighted by atomic mass is 10.3. The Morgan fingerprint density at radius 1 is 1.36 bits per heavy atom. The summed E-state index contributed by atoms with van der Waals surface area (Å²) in [5, 5.41) is 1.71. The molecule has 78 valence electrons. The van der Waals surface area contributed by atoms with Gasteiger partial charge >= 0.3 is 0 Å². The van der Waals surface area contributed by atoms with Gasteiger partial charge in [-0.2, -0.15) is 0 Å². The molecule has 1 N–H and O–H groups in total. The van der Waals surface area contributed by atoms with E-state index in [4.69, 9.17) is 0 Å². The molecule has 14 heavy (non-hydrogen) atoms. The van der Waals surface area contributed by atoms with Crippen molar-refractivity contribution in [2.24, 2.45) is 0 Å². The first-order valence-corrected chi connectivity index (χ1v) is 4.89. The van der Waals surface area contributed by atoms with Crippen molar-refractivity contribution in [2.45, 2.75) is 31.3 Å². The Bertz CT molecular complexity index is 273. The molecule has 1 unspecified atom stereocenters. The third-order valence-electron chi connectivity index (χ3n) is 2.51. The summed E-state index contributed by atoms with van der Waals surface area (Å²) >= 11 is 0. The van der Waals surface area contributed by atoms with Crippen LogP contribution in [-0.2, 0) is 9.59 Å². The van der Waals surface area contributed by atoms with Crippen molar-refractivity contribution in [1.82, 2.24) is 15.3 Å². The topological polar surface area (TPSA) is 52.7 Å². The maximum atomic E-state index is 11.7. The van der Waals surface area contributed by atoms with E-state index in [0.29, 0.717) is 6.42 Å². The molecule has 0 bridgehead atoms. The van der Waals surface area contributed by atoms with Crippen LogP contribution in [-0.4, -0.2) is 47.9 Å². The third kappa shape index (κ3) is 1.65. The van der Waals surface area contributed by atoms with E-state index in [1.807, 2.05) is 14.1 Å². The van der Waals surface area contributed by atoms with Crippen molar-refractivity contribution in [3.05, 3.63) is 0 Å². The van der Waals surface area contributed by atoms with Crippen LogP contribution in [0.1, 0.15) is 19.3 Å². The van der Waals surface area contributed by atoms with Crippen LogP contribution < -0.4 is 5.43 Å². The van der Waals surface area contributed by atoms with Gasteiger partial charge in [0.15, 0.2) is 0 Å². The second-order valence-corrected chi connectivity index (χ2v) is 4.11. The fourth-order valence-corrected chi connectivity index (χ4v) is 1.78. The number of likely N-dealkylation sites (tertiary alicyclic amines) is 1. The lowest BCUT2D eigenvalue weighted by molar-refractivity contribution is -0.139. The second kappa shape index (κ2) is 3.33. The predicted octanol–water partition coefficient (Wildman–Crippen LogP) is -0.658. The van der Waals surface area contributed by atoms with Gasteiger partial charge in [0.1, 0.15) is 6.04 Å². The van der Waals surface area contributed by atoms with Crippen LogP contribution in [0.2, 0.25) is 0 Å². The molecule has 2 amide bonds. The highest BCUT2D eigenvalue weighted by molar-refractivity contribution is 6.06. The second-order valence-electron chi connectivity index (χ2n) is 4.11. The zero-order valence-corrected chi connectivity index (χ0v) is 8.49. The number of carbonyl (C=O) groups is 2. The lowest BCUT2D eigenvalue weighted by Crippen LogP contribution is -2.45. The summed E-state index contributed by atoms with van der Waals surface area (Å²) in [5.74, 6) is -0.0944. The van der Waals surface area contributed by atoms with Crippen LogP contribution in [0.3, 0.4) is 0 Å². The molecule has 2 fully saturated rings. The lowest BCUT2D eigenvalue weighted by Gasteiger charge is -2.17. The predicted molar refractivity (Wildman–Crippen MR) is 50.1 cm³/mol. The van der Waals surface area contributed by atoms with Gasteiger partial charge in [-0.05, 0) is 12.8 Å². The molecule has 0 aromatic carbocycles. The van der Waals surface area contributed by atoms with E-state index < -0.39 is 0 Å². The smallest absolute Gasteiger partial charge is 0.248 e. The van der Waals surface area contributed by atoms with Crippen molar-refractivity contribution in [1.29, 1.82) is 0 Å². The summed E-state index contributed by atoms with van der Waals surface area (Å²) < 4.78 is 0. The fraction of sp³-hybridized carbons (Fsp3) is 0.778. The molecular formula is C9H15N3O2. The number of nitrogens with zero attached hydrogens (tertiary/aromatic N) is 2. The molecule has 1 saturated heterocycles. The van der Waals surface area contributed by atoms with E-state index in [2.05, 4.69) is 5.43 Å². The molecule has 0 radical (unpaired) electrons. The van der Waals surface area contributed by atoms with E-state index in [1.165, 1.54) is 4.90 Å². The largest absolute Gasteiger partial charge is 0.278 e. The zero-order chi connectivity index (χ0) is 10.3. The standard InChI is InChI=1S/C9H15N3O2/c1-11(2)10-7-5-8(13)12(9(7)14)6-3-4-6/h6-7,10H,3-5H2,1-2H3. The van der Waals surface area contributed by atoms with E-state index in [1.54, 1.807) is 5.01 Å². The van der Waals surface area contributed by atoms with Crippen LogP contribution in [0.15, 0.2) is 0 Å². The maximum absolute atomic E-state index is 11.7. The molecule has 1 atom stereocenters. The summed E-state index contributed by atoms with van der Waals surface area (Å²) in [6.45, 7) is 0. The van der Waals surface area contributed by atoms with Gasteiger partial charge in [-0.15, -0.1) is 0 Å². The van der Waals surface area contributed by atoms with E-state index >= 15 is 0 Å². The number of carbonyl (C=O) groups excluding carboxylic acids is 2. The summed E-state index contributed by atoms with van der Waals surface area (Å²) in [4.78, 5) is 24.7. The molecule has 1 aliphatic carbocycles. The SMILES string of the molecule is CN(C)NC1CC(=O)N(C2CC2)C1=O. The minimum Gasteiger partial charge on any atom is -0.278 e. The number of hydrogen-bond donors (Lipinski definition) is 1. The molecule has 5 heteroatoms. The van der Waals surface area contributed by atoms with Crippen LogP contribution in [0.25, 0.3) is 0 Å². The maximum Gasteiger partial charge on any atom is 0.248 e. The van der Waals surface area contributed by atoms with Crippen LogP contribution >= 0.6 is 0 Å². The summed E-state index contributed by atoms with van der Waals surface area (Å²) in [6.07, 6.45) is 2.26. The molecule has 5 nitrogen and oxygen atoms in total. The van der Waals surface area contributed by atoms with Crippen molar-refractivity contribution < 1.29 is 9.59 Å². The Hall–Kier alpha value is -0.940. The highest BCUT2D eigenvalue weighted by atomic mass is 16.2. The first-order valence-electron chi connectivity index (χ1n) is 4.89. The van der Waals surface area contributed by atoms with Gasteiger partial charge in [0.25, 0.3) is 0 Å². The van der Waals surface area contributed by atoms with Gasteiger partial charge < -0.3 is 0 Å². The average Bonchev–Trinajstić information content (AvgIpc) is 2.82. The van der Waals surface area contributed by atoms with E-state index in [0.717, 1.165) is 12.8 Å². The first-order chi connectivity index (χ1) is 6.59. The molecule has 0 aromatic rings. The monoisotopic (exact) mass is 197 g/mol. The highest BCUT2D eigenvalue weighted by Gasteiger charge is 2.46. The quantitative estimate of drug-likeness (QED) is 0.482. The molecule has 1 saturated carbocycles. The molecule has 0 aromatic heterocycles. The number of imide groups is 1. The Morgan fingerprint density at radius 3 is 2.50 bits per heavy atom. The molecule has 2 aliphatic rings. The minimum atomic E-state index is -0.349. The molecular weight excluding hydrogens is 182 g/mol. The van der Waals surface area contributed by atoms with Gasteiger partial charge in [0.2, 0.25) is 11.8 Å². The van der Waals surface area contributed by atoms with Gasteiger partial charge in [-0.3, -0.25) is 14.5 Å². The number of hydrazine groups is 1. The zero-order valence-electron chi connectivity index (χ0n) is 8.49. The van der Waals surface area contributed by atoms with Crippen molar-refractivity contribution >= 4 is 11.8 Å². The summed E-state index contributed by atoms with van der Waals surface area (Å²) in [5.41, 5.74) is 2.96. The third-order valence-corrected chi connectivity index (χ3v) is 2.51. The van der Waals surface area contributed by atoms with Gasteiger partial charge in [0, 0.05) is 20.1 Å². The fourth-order valence-electron chi connectivity index (χ4n) is 1.78. The van der Waals surface area contributed by atoms with Gasteiger partial charge in [-0.1, -0.05) is 0 Å². The number of hydrogen-bond acceptors (Lipinski definition) is 4. The Kier molecular flexibility index (Phi) is 2.28. The van der Waals surface area contributed by atoms with Crippen LogP contribution in [0, 0.1) is 0 Å². The van der Waals surface area contributed by atoms with Crippen molar-refractivity contribution in [3.63, 3.8) is 0 Å². The summed E-state index contributed by atoms with van der Waals surface area (Å²) in [7, 11) is 3.63. The Balaban J connectivity index is 2.03. The molecule has 0 spiro atoms. The molecule has 1 aliphatic heterocycles. The van der Waals surface area contributed by atoms with Gasteiger partial charge in [-0.25, -0.2) is 10.4 Å². The number of amides is 2. The molecule has 1 heterocycles. The normalized spacial score (nSPS) is 27.9. The van der Waals surface area contributed by atoms with E-state index in [-0.39, 0.29) is 23.9 Å². The van der Waals surface area contributed by atoms with Crippen molar-refractivity contribution in [3.8, 4) is 0 Å². The first kappa shape index (κ1) is 9.61. The average molecular weight is 197 g/mol. The van der Waals surface area contributed by atoms with E-state index in [9.17, 15) is 9.59 Å². The Labute approximate surface area is 83.0 Å². The number of nitrogens with one attached hydrogen (secondary N) is 1. The number of rotatable bonds is 3. The minimum absolute atomic E-state index is 0.0307. The summed E-state index contributed by atoms with van der Waals surface area (Å²) in [6, 6.07) is -0.151.